The predicted octanol–water partition coefficient (Wildman–Crippen LogP) is 7.17. The van der Waals surface area contributed by atoms with E-state index in [1.807, 2.05) is 54.6 Å². The maximum atomic E-state index is 13.5. The fourth-order valence-corrected chi connectivity index (χ4v) is 4.45. The summed E-state index contributed by atoms with van der Waals surface area (Å²) in [7, 11) is 0. The molecule has 0 saturated heterocycles. The lowest BCUT2D eigenvalue weighted by molar-refractivity contribution is 0.306. The van der Waals surface area contributed by atoms with Crippen molar-refractivity contribution in [3.8, 4) is 17.3 Å². The largest absolute Gasteiger partial charge is 0.489 e. The second-order valence-electron chi connectivity index (χ2n) is 8.59. The summed E-state index contributed by atoms with van der Waals surface area (Å²) in [6, 6.07) is 28.1. The van der Waals surface area contributed by atoms with Gasteiger partial charge in [0.05, 0.1) is 17.1 Å². The number of para-hydroxylation sites is 1. The van der Waals surface area contributed by atoms with E-state index in [9.17, 15) is 9.18 Å². The lowest BCUT2D eigenvalue weighted by atomic mass is 10.2. The first kappa shape index (κ1) is 23.8. The SMILES string of the molecule is O=c1c2ccccc2nc(-c2cc3cc(Br)ccc3o2)n1N=Cc1cccc(OCc2ccc(F)cc2)c1. The molecule has 38 heavy (non-hydrogen) atoms. The van der Waals surface area contributed by atoms with Gasteiger partial charge in [-0.3, -0.25) is 4.79 Å². The van der Waals surface area contributed by atoms with Crippen LogP contribution in [-0.4, -0.2) is 15.9 Å². The highest BCUT2D eigenvalue weighted by Crippen LogP contribution is 2.29. The van der Waals surface area contributed by atoms with Crippen LogP contribution < -0.4 is 10.3 Å². The fraction of sp³-hybridized carbons (Fsp3) is 0.0333. The average molecular weight is 568 g/mol. The minimum Gasteiger partial charge on any atom is -0.489 e. The summed E-state index contributed by atoms with van der Waals surface area (Å²) in [5.74, 6) is 1.04. The van der Waals surface area contributed by atoms with E-state index >= 15 is 0 Å². The number of aromatic nitrogens is 2. The number of halogens is 2. The Hall–Kier alpha value is -4.56. The van der Waals surface area contributed by atoms with E-state index in [0.717, 1.165) is 21.0 Å². The van der Waals surface area contributed by atoms with Crippen molar-refractivity contribution in [1.82, 2.24) is 9.66 Å². The third kappa shape index (κ3) is 4.86. The molecule has 6 nitrogen and oxygen atoms in total. The Balaban J connectivity index is 1.37. The molecule has 0 amide bonds. The number of fused-ring (bicyclic) bond motifs is 2. The average Bonchev–Trinajstić information content (AvgIpc) is 3.35. The van der Waals surface area contributed by atoms with E-state index in [1.165, 1.54) is 16.8 Å². The smallest absolute Gasteiger partial charge is 0.282 e. The van der Waals surface area contributed by atoms with Crippen LogP contribution in [0.5, 0.6) is 5.75 Å². The highest BCUT2D eigenvalue weighted by Gasteiger charge is 2.16. The van der Waals surface area contributed by atoms with Crippen molar-refractivity contribution in [2.75, 3.05) is 0 Å². The number of benzene rings is 4. The van der Waals surface area contributed by atoms with E-state index in [4.69, 9.17) is 14.1 Å². The van der Waals surface area contributed by atoms with E-state index in [2.05, 4.69) is 21.0 Å². The summed E-state index contributed by atoms with van der Waals surface area (Å²) in [6.07, 6.45) is 1.57. The third-order valence-electron chi connectivity index (χ3n) is 5.95. The zero-order chi connectivity index (χ0) is 26.1. The van der Waals surface area contributed by atoms with Crippen molar-refractivity contribution >= 4 is 44.0 Å². The molecule has 2 aromatic heterocycles. The van der Waals surface area contributed by atoms with Gasteiger partial charge in [0.15, 0.2) is 5.76 Å². The zero-order valence-electron chi connectivity index (χ0n) is 19.8. The van der Waals surface area contributed by atoms with Crippen LogP contribution in [0.25, 0.3) is 33.5 Å². The second-order valence-corrected chi connectivity index (χ2v) is 9.51. The summed E-state index contributed by atoms with van der Waals surface area (Å²) in [4.78, 5) is 18.2. The van der Waals surface area contributed by atoms with Gasteiger partial charge in [0.25, 0.3) is 5.56 Å². The number of rotatable bonds is 6. The lowest BCUT2D eigenvalue weighted by Crippen LogP contribution is -2.20. The van der Waals surface area contributed by atoms with Crippen molar-refractivity contribution in [3.05, 3.63) is 129 Å². The van der Waals surface area contributed by atoms with Crippen LogP contribution in [0.4, 0.5) is 4.39 Å². The minimum absolute atomic E-state index is 0.291. The van der Waals surface area contributed by atoms with Gasteiger partial charge in [-0.15, -0.1) is 0 Å². The summed E-state index contributed by atoms with van der Waals surface area (Å²) in [6.45, 7) is 0.293. The van der Waals surface area contributed by atoms with Crippen molar-refractivity contribution in [2.45, 2.75) is 6.61 Å². The molecule has 0 unspecified atom stereocenters. The molecule has 6 rings (SSSR count). The van der Waals surface area contributed by atoms with Gasteiger partial charge in [-0.25, -0.2) is 9.37 Å². The highest BCUT2D eigenvalue weighted by molar-refractivity contribution is 9.10. The highest BCUT2D eigenvalue weighted by atomic mass is 79.9. The molecule has 186 valence electrons. The van der Waals surface area contributed by atoms with Crippen molar-refractivity contribution in [1.29, 1.82) is 0 Å². The van der Waals surface area contributed by atoms with Gasteiger partial charge in [0.2, 0.25) is 5.82 Å². The summed E-state index contributed by atoms with van der Waals surface area (Å²) >= 11 is 3.48. The first-order valence-electron chi connectivity index (χ1n) is 11.8. The van der Waals surface area contributed by atoms with Crippen molar-refractivity contribution in [2.24, 2.45) is 5.10 Å². The molecule has 0 aliphatic carbocycles. The van der Waals surface area contributed by atoms with Gasteiger partial charge in [-0.2, -0.15) is 9.78 Å². The molecule has 0 aliphatic rings. The first-order chi connectivity index (χ1) is 18.5. The van der Waals surface area contributed by atoms with Gasteiger partial charge < -0.3 is 9.15 Å². The molecule has 0 aliphatic heterocycles. The Morgan fingerprint density at radius 1 is 0.974 bits per heavy atom. The normalized spacial score (nSPS) is 11.5. The van der Waals surface area contributed by atoms with Crippen LogP contribution >= 0.6 is 15.9 Å². The number of ether oxygens (including phenoxy) is 1. The topological polar surface area (TPSA) is 69.6 Å². The predicted molar refractivity (Wildman–Crippen MR) is 149 cm³/mol. The van der Waals surface area contributed by atoms with Crippen LogP contribution in [0.1, 0.15) is 11.1 Å². The summed E-state index contributed by atoms with van der Waals surface area (Å²) in [5.41, 5.74) is 2.49. The molecule has 4 aromatic carbocycles. The zero-order valence-corrected chi connectivity index (χ0v) is 21.4. The van der Waals surface area contributed by atoms with Gasteiger partial charge >= 0.3 is 0 Å². The first-order valence-corrected chi connectivity index (χ1v) is 12.6. The van der Waals surface area contributed by atoms with Crippen LogP contribution in [-0.2, 0) is 6.61 Å². The molecule has 0 fully saturated rings. The van der Waals surface area contributed by atoms with Crippen LogP contribution in [0.15, 0.2) is 116 Å². The molecule has 8 heteroatoms. The Bertz CT molecular complexity index is 1880. The van der Waals surface area contributed by atoms with E-state index in [0.29, 0.717) is 40.4 Å². The lowest BCUT2D eigenvalue weighted by Gasteiger charge is -2.08. The molecular formula is C30H19BrFN3O3. The second kappa shape index (κ2) is 10.1. The molecule has 2 heterocycles. The van der Waals surface area contributed by atoms with Crippen LogP contribution in [0.3, 0.4) is 0 Å². The number of hydrogen-bond donors (Lipinski definition) is 0. The van der Waals surface area contributed by atoms with Crippen molar-refractivity contribution < 1.29 is 13.5 Å². The van der Waals surface area contributed by atoms with E-state index in [-0.39, 0.29) is 11.4 Å². The maximum absolute atomic E-state index is 13.5. The van der Waals surface area contributed by atoms with Crippen LogP contribution in [0, 0.1) is 5.82 Å². The quantitative estimate of drug-likeness (QED) is 0.200. The molecule has 0 N–H and O–H groups in total. The Morgan fingerprint density at radius 3 is 2.68 bits per heavy atom. The number of furan rings is 1. The Kier molecular flexibility index (Phi) is 6.31. The van der Waals surface area contributed by atoms with Gasteiger partial charge in [0.1, 0.15) is 23.8 Å². The third-order valence-corrected chi connectivity index (χ3v) is 6.44. The maximum Gasteiger partial charge on any atom is 0.282 e. The van der Waals surface area contributed by atoms with Gasteiger partial charge in [-0.05, 0) is 71.8 Å². The molecular weight excluding hydrogens is 549 g/mol. The molecule has 0 atom stereocenters. The van der Waals surface area contributed by atoms with Gasteiger partial charge in [-0.1, -0.05) is 52.3 Å². The molecule has 0 radical (unpaired) electrons. The molecule has 0 spiro atoms. The van der Waals surface area contributed by atoms with Crippen LogP contribution in [0.2, 0.25) is 0 Å². The van der Waals surface area contributed by atoms with Gasteiger partial charge in [0, 0.05) is 9.86 Å². The Morgan fingerprint density at radius 2 is 1.82 bits per heavy atom. The molecule has 0 saturated carbocycles. The van der Waals surface area contributed by atoms with E-state index in [1.54, 1.807) is 36.5 Å². The molecule has 0 bridgehead atoms. The summed E-state index contributed by atoms with van der Waals surface area (Å²) < 4.78 is 27.2. The Labute approximate surface area is 224 Å². The number of hydrogen-bond acceptors (Lipinski definition) is 5. The fourth-order valence-electron chi connectivity index (χ4n) is 4.07. The number of nitrogens with zero attached hydrogens (tertiary/aromatic N) is 3. The van der Waals surface area contributed by atoms with E-state index < -0.39 is 0 Å². The molecule has 6 aromatic rings. The standard InChI is InChI=1S/C30H19BrFN3O3/c31-22-10-13-27-21(15-22)16-28(38-27)29-34-26-7-2-1-6-25(26)30(36)35(29)33-17-20-4-3-5-24(14-20)37-18-19-8-11-23(32)12-9-19/h1-17H,18H2. The monoisotopic (exact) mass is 567 g/mol. The minimum atomic E-state index is -0.313. The van der Waals surface area contributed by atoms with Crippen molar-refractivity contribution in [3.63, 3.8) is 0 Å². The summed E-state index contributed by atoms with van der Waals surface area (Å²) in [5, 5.41) is 5.83.